The third kappa shape index (κ3) is 28.3. The first-order valence-corrected chi connectivity index (χ1v) is 17.5. The van der Waals surface area contributed by atoms with Crippen molar-refractivity contribution < 1.29 is 4.79 Å². The average molecular weight is 522 g/mol. The van der Waals surface area contributed by atoms with E-state index in [2.05, 4.69) is 19.2 Å². The van der Waals surface area contributed by atoms with E-state index in [1.165, 1.54) is 180 Å². The summed E-state index contributed by atoms with van der Waals surface area (Å²) in [7, 11) is 1.81. The second-order valence-corrected chi connectivity index (χ2v) is 12.1. The highest BCUT2D eigenvalue weighted by molar-refractivity contribution is 5.78. The molecule has 0 aromatic rings. The van der Waals surface area contributed by atoms with Crippen LogP contribution in [-0.2, 0) is 4.79 Å². The predicted octanol–water partition coefficient (Wildman–Crippen LogP) is 12.1. The van der Waals surface area contributed by atoms with Crippen LogP contribution in [0.4, 0.5) is 0 Å². The van der Waals surface area contributed by atoms with E-state index in [9.17, 15) is 4.79 Å². The number of carbonyl (C=O) groups excluding carboxylic acids is 1. The number of amides is 1. The molecule has 0 aliphatic carbocycles. The molecule has 0 aromatic carbocycles. The van der Waals surface area contributed by atoms with Gasteiger partial charge in [-0.05, 0) is 12.8 Å². The summed E-state index contributed by atoms with van der Waals surface area (Å²) in [4.78, 5) is 12.3. The predicted molar refractivity (Wildman–Crippen MR) is 167 cm³/mol. The van der Waals surface area contributed by atoms with Gasteiger partial charge in [0.2, 0.25) is 5.91 Å². The van der Waals surface area contributed by atoms with Gasteiger partial charge >= 0.3 is 0 Å². The molecule has 0 aliphatic heterocycles. The maximum Gasteiger partial charge on any atom is 0.222 e. The molecule has 37 heavy (non-hydrogen) atoms. The van der Waals surface area contributed by atoms with Gasteiger partial charge in [-0.1, -0.05) is 194 Å². The first kappa shape index (κ1) is 36.5. The Kier molecular flexibility index (Phi) is 31.2. The third-order valence-corrected chi connectivity index (χ3v) is 8.43. The topological polar surface area (TPSA) is 29.1 Å². The number of hydrogen-bond donors (Lipinski definition) is 1. The molecule has 0 heterocycles. The molecule has 0 bridgehead atoms. The molecule has 0 fully saturated rings. The number of nitrogens with one attached hydrogen (secondary N) is 1. The summed E-state index contributed by atoms with van der Waals surface area (Å²) >= 11 is 0. The highest BCUT2D eigenvalue weighted by atomic mass is 16.1. The Bertz CT molecular complexity index is 403. The highest BCUT2D eigenvalue weighted by Gasteiger charge is 2.16. The zero-order chi connectivity index (χ0) is 27.1. The van der Waals surface area contributed by atoms with Crippen molar-refractivity contribution in [1.82, 2.24) is 5.32 Å². The van der Waals surface area contributed by atoms with Crippen LogP contribution in [0.2, 0.25) is 0 Å². The molecule has 0 spiro atoms. The minimum absolute atomic E-state index is 0.250. The van der Waals surface area contributed by atoms with Gasteiger partial charge in [-0.3, -0.25) is 4.79 Å². The Morgan fingerprint density at radius 3 is 0.838 bits per heavy atom. The van der Waals surface area contributed by atoms with Crippen LogP contribution in [0.25, 0.3) is 0 Å². The summed E-state index contributed by atoms with van der Waals surface area (Å²) in [6.07, 6.45) is 41.3. The molecule has 0 rings (SSSR count). The van der Waals surface area contributed by atoms with E-state index >= 15 is 0 Å². The van der Waals surface area contributed by atoms with E-state index in [1.54, 1.807) is 0 Å². The van der Waals surface area contributed by atoms with Gasteiger partial charge in [-0.2, -0.15) is 0 Å². The monoisotopic (exact) mass is 522 g/mol. The number of rotatable bonds is 31. The van der Waals surface area contributed by atoms with Crippen LogP contribution in [0.3, 0.4) is 0 Å². The van der Waals surface area contributed by atoms with Crippen LogP contribution in [-0.4, -0.2) is 13.0 Å². The Morgan fingerprint density at radius 2 is 0.622 bits per heavy atom. The van der Waals surface area contributed by atoms with Crippen LogP contribution >= 0.6 is 0 Å². The standard InChI is InChI=1S/C35H71NO/c1-4-6-8-10-12-14-16-18-20-22-24-26-28-30-32-34(35(37)36-3)33-31-29-27-25-23-21-19-17-15-13-11-9-7-5-2/h34H,4-33H2,1-3H3,(H,36,37). The molecular formula is C35H71NO. The van der Waals surface area contributed by atoms with Crippen LogP contribution in [0.15, 0.2) is 0 Å². The molecule has 0 aliphatic rings. The van der Waals surface area contributed by atoms with Crippen molar-refractivity contribution in [1.29, 1.82) is 0 Å². The zero-order valence-electron chi connectivity index (χ0n) is 26.2. The summed E-state index contributed by atoms with van der Waals surface area (Å²) < 4.78 is 0. The fraction of sp³-hybridized carbons (Fsp3) is 0.971. The minimum Gasteiger partial charge on any atom is -0.359 e. The molecule has 222 valence electrons. The van der Waals surface area contributed by atoms with Crippen LogP contribution in [0.1, 0.15) is 206 Å². The Balaban J connectivity index is 3.51. The molecular weight excluding hydrogens is 450 g/mol. The summed E-state index contributed by atoms with van der Waals surface area (Å²) in [5.41, 5.74) is 0. The lowest BCUT2D eigenvalue weighted by atomic mass is 9.93. The van der Waals surface area contributed by atoms with Gasteiger partial charge in [0.1, 0.15) is 0 Å². The summed E-state index contributed by atoms with van der Waals surface area (Å²) in [5.74, 6) is 0.532. The first-order valence-electron chi connectivity index (χ1n) is 17.5. The van der Waals surface area contributed by atoms with Crippen LogP contribution in [0.5, 0.6) is 0 Å². The lowest BCUT2D eigenvalue weighted by Gasteiger charge is -2.15. The second-order valence-electron chi connectivity index (χ2n) is 12.1. The molecule has 0 unspecified atom stereocenters. The lowest BCUT2D eigenvalue weighted by molar-refractivity contribution is -0.125. The van der Waals surface area contributed by atoms with Crippen molar-refractivity contribution in [2.45, 2.75) is 206 Å². The molecule has 0 atom stereocenters. The summed E-state index contributed by atoms with van der Waals surface area (Å²) in [6.45, 7) is 4.59. The maximum atomic E-state index is 12.3. The summed E-state index contributed by atoms with van der Waals surface area (Å²) in [5, 5.41) is 2.93. The van der Waals surface area contributed by atoms with Gasteiger partial charge in [0, 0.05) is 13.0 Å². The van der Waals surface area contributed by atoms with Gasteiger partial charge in [0.25, 0.3) is 0 Å². The largest absolute Gasteiger partial charge is 0.359 e. The Labute approximate surface area is 235 Å². The van der Waals surface area contributed by atoms with Crippen molar-refractivity contribution in [2.24, 2.45) is 5.92 Å². The van der Waals surface area contributed by atoms with Gasteiger partial charge in [0.15, 0.2) is 0 Å². The first-order chi connectivity index (χ1) is 18.3. The van der Waals surface area contributed by atoms with E-state index in [0.29, 0.717) is 0 Å². The Hall–Kier alpha value is -0.530. The van der Waals surface area contributed by atoms with Crippen molar-refractivity contribution in [3.05, 3.63) is 0 Å². The van der Waals surface area contributed by atoms with E-state index in [1.807, 2.05) is 7.05 Å². The molecule has 1 amide bonds. The molecule has 1 N–H and O–H groups in total. The van der Waals surface area contributed by atoms with Crippen molar-refractivity contribution >= 4 is 5.91 Å². The van der Waals surface area contributed by atoms with Gasteiger partial charge in [0.05, 0.1) is 0 Å². The quantitative estimate of drug-likeness (QED) is 0.0903. The highest BCUT2D eigenvalue weighted by Crippen LogP contribution is 2.20. The third-order valence-electron chi connectivity index (χ3n) is 8.43. The molecule has 2 nitrogen and oxygen atoms in total. The molecule has 2 heteroatoms. The van der Waals surface area contributed by atoms with E-state index in [-0.39, 0.29) is 11.8 Å². The van der Waals surface area contributed by atoms with E-state index in [0.717, 1.165) is 12.8 Å². The average Bonchev–Trinajstić information content (AvgIpc) is 2.91. The lowest BCUT2D eigenvalue weighted by Crippen LogP contribution is -2.27. The van der Waals surface area contributed by atoms with E-state index in [4.69, 9.17) is 0 Å². The van der Waals surface area contributed by atoms with Gasteiger partial charge in [-0.25, -0.2) is 0 Å². The molecule has 0 saturated carbocycles. The van der Waals surface area contributed by atoms with Gasteiger partial charge in [-0.15, -0.1) is 0 Å². The molecule has 0 saturated heterocycles. The minimum atomic E-state index is 0.250. The van der Waals surface area contributed by atoms with Crippen molar-refractivity contribution in [3.8, 4) is 0 Å². The van der Waals surface area contributed by atoms with Crippen LogP contribution in [0, 0.1) is 5.92 Å². The summed E-state index contributed by atoms with van der Waals surface area (Å²) in [6, 6.07) is 0. The maximum absolute atomic E-state index is 12.3. The number of carbonyl (C=O) groups is 1. The fourth-order valence-corrected chi connectivity index (χ4v) is 5.78. The van der Waals surface area contributed by atoms with Crippen LogP contribution < -0.4 is 5.32 Å². The van der Waals surface area contributed by atoms with Crippen molar-refractivity contribution in [3.63, 3.8) is 0 Å². The molecule has 0 aromatic heterocycles. The van der Waals surface area contributed by atoms with Crippen molar-refractivity contribution in [2.75, 3.05) is 7.05 Å². The normalized spacial score (nSPS) is 11.5. The molecule has 0 radical (unpaired) electrons. The second kappa shape index (κ2) is 31.7. The SMILES string of the molecule is CCCCCCCCCCCCCCCCC(CCCCCCCCCCCCCCCC)C(=O)NC. The van der Waals surface area contributed by atoms with E-state index < -0.39 is 0 Å². The zero-order valence-corrected chi connectivity index (χ0v) is 26.2. The Morgan fingerprint density at radius 1 is 0.405 bits per heavy atom. The smallest absolute Gasteiger partial charge is 0.222 e. The van der Waals surface area contributed by atoms with Gasteiger partial charge < -0.3 is 5.32 Å². The number of hydrogen-bond acceptors (Lipinski definition) is 1. The fourth-order valence-electron chi connectivity index (χ4n) is 5.78. The number of unbranched alkanes of at least 4 members (excludes halogenated alkanes) is 26.